The van der Waals surface area contributed by atoms with Crippen molar-refractivity contribution < 1.29 is 55.1 Å². The number of hydrogen-bond acceptors (Lipinski definition) is 1. The molecule has 2 aliphatic rings. The van der Waals surface area contributed by atoms with Gasteiger partial charge in [-0.1, -0.05) is 54.6 Å². The second-order valence-corrected chi connectivity index (χ2v) is 11.4. The standard InChI is InChI=1S/C24H28NOSi.2ClH.Ti/c1-24(2,3)25(4,5)27(26)22-15-14-21-19-12-8-6-10-17(19)16-18-11-7-9-13-20(18)23(21)22;;;/h6-14H,15-16H2,1-5H3;2*1H;/q+1;;;/p-2. The molecule has 0 saturated carbocycles. The molecule has 158 valence electrons. The van der Waals surface area contributed by atoms with Crippen LogP contribution in [-0.2, 0) is 32.6 Å². The number of allylic oxidation sites excluding steroid dienone is 4. The molecule has 0 fully saturated rings. The van der Waals surface area contributed by atoms with Crippen molar-refractivity contribution in [3.05, 3.63) is 82.1 Å². The third-order valence-corrected chi connectivity index (χ3v) is 9.16. The Kier molecular flexibility index (Phi) is 8.87. The van der Waals surface area contributed by atoms with E-state index in [2.05, 4.69) is 89.5 Å². The third-order valence-electron chi connectivity index (χ3n) is 6.50. The van der Waals surface area contributed by atoms with Gasteiger partial charge in [-0.15, -0.1) is 0 Å². The number of halogens is 2. The Morgan fingerprint density at radius 2 is 1.37 bits per heavy atom. The van der Waals surface area contributed by atoms with Crippen LogP contribution in [0.1, 0.15) is 49.4 Å². The molecular formula is C24H28Cl2NOSiTi-. The van der Waals surface area contributed by atoms with Gasteiger partial charge in [0, 0.05) is 26.9 Å². The van der Waals surface area contributed by atoms with E-state index >= 15 is 0 Å². The molecule has 30 heavy (non-hydrogen) atoms. The predicted octanol–water partition coefficient (Wildman–Crippen LogP) is -0.830. The van der Waals surface area contributed by atoms with Gasteiger partial charge >= 0.3 is 8.84 Å². The zero-order chi connectivity index (χ0) is 19.4. The van der Waals surface area contributed by atoms with Crippen molar-refractivity contribution in [1.29, 1.82) is 0 Å². The molecule has 0 unspecified atom stereocenters. The van der Waals surface area contributed by atoms with Gasteiger partial charge < -0.3 is 33.4 Å². The van der Waals surface area contributed by atoms with Crippen LogP contribution in [0.25, 0.3) is 11.1 Å². The number of quaternary nitrogens is 1. The first-order valence-electron chi connectivity index (χ1n) is 9.71. The fourth-order valence-electron chi connectivity index (χ4n) is 4.02. The van der Waals surface area contributed by atoms with Crippen molar-refractivity contribution in [2.45, 2.75) is 39.2 Å². The molecule has 6 heteroatoms. The summed E-state index contributed by atoms with van der Waals surface area (Å²) in [6.45, 7) is 6.54. The van der Waals surface area contributed by atoms with E-state index in [1.165, 1.54) is 33.4 Å². The maximum absolute atomic E-state index is 13.9. The van der Waals surface area contributed by atoms with E-state index in [4.69, 9.17) is 0 Å². The molecule has 0 heterocycles. The number of nitrogens with zero attached hydrogens (tertiary/aromatic N) is 1. The summed E-state index contributed by atoms with van der Waals surface area (Å²) >= 11 is 0. The summed E-state index contributed by atoms with van der Waals surface area (Å²) in [6, 6.07) is 17.3. The summed E-state index contributed by atoms with van der Waals surface area (Å²) in [5.41, 5.74) is 7.69. The first kappa shape index (κ1) is 27.2. The second kappa shape index (κ2) is 9.77. The molecule has 2 aromatic carbocycles. The van der Waals surface area contributed by atoms with E-state index in [9.17, 15) is 4.46 Å². The van der Waals surface area contributed by atoms with Gasteiger partial charge in [-0.25, -0.2) is 0 Å². The molecule has 0 bridgehead atoms. The zero-order valence-corrected chi connectivity index (χ0v) is 22.3. The molecule has 0 saturated heterocycles. The van der Waals surface area contributed by atoms with Gasteiger partial charge in [-0.05, 0) is 67.0 Å². The van der Waals surface area contributed by atoms with Crippen LogP contribution in [0.3, 0.4) is 0 Å². The minimum atomic E-state index is -2.01. The molecule has 2 aliphatic carbocycles. The van der Waals surface area contributed by atoms with Crippen LogP contribution >= 0.6 is 0 Å². The maximum atomic E-state index is 13.9. The van der Waals surface area contributed by atoms with Crippen LogP contribution in [0.5, 0.6) is 0 Å². The molecular weight excluding hydrogens is 465 g/mol. The van der Waals surface area contributed by atoms with Crippen molar-refractivity contribution in [3.63, 3.8) is 0 Å². The summed E-state index contributed by atoms with van der Waals surface area (Å²) in [5, 5.41) is 1.14. The summed E-state index contributed by atoms with van der Waals surface area (Å²) in [5.74, 6) is 0. The topological polar surface area (TPSA) is 17.1 Å². The zero-order valence-electron chi connectivity index (χ0n) is 18.2. The molecule has 2 nitrogen and oxygen atoms in total. The van der Waals surface area contributed by atoms with Gasteiger partial charge in [-0.3, -0.25) is 0 Å². The molecule has 0 aromatic heterocycles. The van der Waals surface area contributed by atoms with Gasteiger partial charge in [0.1, 0.15) is 0 Å². The van der Waals surface area contributed by atoms with E-state index in [1.54, 1.807) is 0 Å². The third kappa shape index (κ3) is 4.39. The summed E-state index contributed by atoms with van der Waals surface area (Å²) < 4.78 is 14.4. The van der Waals surface area contributed by atoms with Gasteiger partial charge in [0.2, 0.25) is 0 Å². The SMILES string of the molecule is CC(C)(C)[N+](C)(C)[Si](=O)C1=C2C(=CC1)c1ccccc1Cc1ccccc12.[Cl-].[Cl-].[Ti]. The van der Waals surface area contributed by atoms with Crippen LogP contribution in [0, 0.1) is 0 Å². The fourth-order valence-corrected chi connectivity index (χ4v) is 6.06. The smallest absolute Gasteiger partial charge is 0.588 e. The molecule has 4 rings (SSSR count). The van der Waals surface area contributed by atoms with E-state index < -0.39 is 8.84 Å². The largest absolute Gasteiger partial charge is 1.00 e. The molecule has 0 atom stereocenters. The molecule has 0 N–H and O–H groups in total. The number of fused-ring (bicyclic) bond motifs is 5. The Morgan fingerprint density at radius 1 is 0.867 bits per heavy atom. The monoisotopic (exact) mass is 492 g/mol. The minimum Gasteiger partial charge on any atom is -1.00 e. The molecule has 0 amide bonds. The summed E-state index contributed by atoms with van der Waals surface area (Å²) in [4.78, 5) is 0. The van der Waals surface area contributed by atoms with E-state index in [0.717, 1.165) is 18.0 Å². The molecule has 0 spiro atoms. The normalized spacial score (nSPS) is 14.6. The Balaban J connectivity index is 0.00000150. The first-order chi connectivity index (χ1) is 12.7. The van der Waals surface area contributed by atoms with Gasteiger partial charge in [-0.2, -0.15) is 0 Å². The average molecular weight is 493 g/mol. The van der Waals surface area contributed by atoms with Crippen molar-refractivity contribution >= 4 is 20.0 Å². The van der Waals surface area contributed by atoms with Crippen LogP contribution in [0.4, 0.5) is 0 Å². The van der Waals surface area contributed by atoms with E-state index in [-0.39, 0.29) is 52.1 Å². The summed E-state index contributed by atoms with van der Waals surface area (Å²) in [6.07, 6.45) is 4.03. The Hall–Kier alpha value is -0.809. The quantitative estimate of drug-likeness (QED) is 0.500. The Labute approximate surface area is 209 Å². The molecule has 0 aliphatic heterocycles. The van der Waals surface area contributed by atoms with Gasteiger partial charge in [0.05, 0.1) is 19.6 Å². The number of benzene rings is 2. The van der Waals surface area contributed by atoms with Gasteiger partial charge in [0.25, 0.3) is 0 Å². The van der Waals surface area contributed by atoms with Crippen molar-refractivity contribution in [2.75, 3.05) is 14.1 Å². The van der Waals surface area contributed by atoms with E-state index in [1.807, 2.05) is 0 Å². The predicted molar refractivity (Wildman–Crippen MR) is 114 cm³/mol. The van der Waals surface area contributed by atoms with Crippen LogP contribution in [0.15, 0.2) is 59.8 Å². The number of rotatable bonds is 2. The Morgan fingerprint density at radius 3 is 1.93 bits per heavy atom. The van der Waals surface area contributed by atoms with Crippen molar-refractivity contribution in [1.82, 2.24) is 0 Å². The summed E-state index contributed by atoms with van der Waals surface area (Å²) in [7, 11) is 2.21. The van der Waals surface area contributed by atoms with Crippen LogP contribution < -0.4 is 24.8 Å². The molecule has 0 radical (unpaired) electrons. The van der Waals surface area contributed by atoms with E-state index in [0.29, 0.717) is 4.15 Å². The van der Waals surface area contributed by atoms with Crippen molar-refractivity contribution in [2.24, 2.45) is 0 Å². The van der Waals surface area contributed by atoms with Crippen molar-refractivity contribution in [3.8, 4) is 0 Å². The second-order valence-electron chi connectivity index (χ2n) is 9.10. The van der Waals surface area contributed by atoms with Crippen LogP contribution in [0.2, 0.25) is 0 Å². The number of hydrogen-bond donors (Lipinski definition) is 0. The maximum Gasteiger partial charge on any atom is 0.588 e. The minimum absolute atomic E-state index is 0. The Bertz CT molecular complexity index is 1020. The first-order valence-corrected chi connectivity index (χ1v) is 11.1. The average Bonchev–Trinajstić information content (AvgIpc) is 2.99. The van der Waals surface area contributed by atoms with Gasteiger partial charge in [0.15, 0.2) is 0 Å². The molecule has 2 aromatic rings. The van der Waals surface area contributed by atoms with Crippen LogP contribution in [-0.4, -0.2) is 32.6 Å². The fraction of sp³-hybridized carbons (Fsp3) is 0.333.